The first kappa shape index (κ1) is 21.2. The van der Waals surface area contributed by atoms with Crippen molar-refractivity contribution in [3.8, 4) is 11.3 Å². The second-order valence-corrected chi connectivity index (χ2v) is 8.30. The van der Waals surface area contributed by atoms with Crippen LogP contribution in [0.3, 0.4) is 0 Å². The van der Waals surface area contributed by atoms with E-state index in [0.29, 0.717) is 22.8 Å². The molecule has 1 amide bonds. The van der Waals surface area contributed by atoms with E-state index >= 15 is 0 Å². The molecule has 3 N–H and O–H groups in total. The number of nitrogens with one attached hydrogen (secondary N) is 3. The van der Waals surface area contributed by atoms with Crippen molar-refractivity contribution in [2.75, 3.05) is 5.32 Å². The van der Waals surface area contributed by atoms with Crippen molar-refractivity contribution in [3.05, 3.63) is 49.2 Å². The number of H-pyrrole nitrogens is 2. The normalized spacial score (nSPS) is 11.0. The molecule has 154 valence electrons. The zero-order valence-electron chi connectivity index (χ0n) is 17.0. The summed E-state index contributed by atoms with van der Waals surface area (Å²) in [4.78, 5) is 34.4. The smallest absolute Gasteiger partial charge is 0.255 e. The second-order valence-electron chi connectivity index (χ2n) is 7.03. The van der Waals surface area contributed by atoms with Crippen LogP contribution in [0.25, 0.3) is 11.3 Å². The molecule has 7 nitrogen and oxygen atoms in total. The lowest BCUT2D eigenvalue weighted by molar-refractivity contribution is -0.116. The molecule has 0 aliphatic rings. The maximum atomic E-state index is 12.3. The molecule has 0 atom stereocenters. The fraction of sp³-hybridized carbons (Fsp3) is 0.400. The summed E-state index contributed by atoms with van der Waals surface area (Å²) in [5, 5.41) is 5.35. The van der Waals surface area contributed by atoms with Crippen LogP contribution < -0.4 is 10.9 Å². The van der Waals surface area contributed by atoms with Gasteiger partial charge in [0.25, 0.3) is 5.56 Å². The topological polar surface area (TPSA) is 95.6 Å². The van der Waals surface area contributed by atoms with Crippen LogP contribution in [0.2, 0.25) is 0 Å². The highest BCUT2D eigenvalue weighted by atomic mass is 32.1. The van der Waals surface area contributed by atoms with Crippen LogP contribution in [0.1, 0.15) is 42.4 Å². The van der Waals surface area contributed by atoms with Gasteiger partial charge in [-0.25, -0.2) is 4.98 Å². The molecule has 0 radical (unpaired) electrons. The van der Waals surface area contributed by atoms with E-state index in [1.165, 1.54) is 22.7 Å². The minimum Gasteiger partial charge on any atom is -0.348 e. The Hall–Kier alpha value is -2.52. The maximum Gasteiger partial charge on any atom is 0.255 e. The summed E-state index contributed by atoms with van der Waals surface area (Å²) in [5.74, 6) is -0.177. The van der Waals surface area contributed by atoms with Gasteiger partial charge in [0.2, 0.25) is 5.91 Å². The van der Waals surface area contributed by atoms with Crippen LogP contribution in [0.4, 0.5) is 5.13 Å². The lowest BCUT2D eigenvalue weighted by Crippen LogP contribution is -2.19. The van der Waals surface area contributed by atoms with Gasteiger partial charge in [-0.05, 0) is 51.9 Å². The SMILES string of the molecule is CCCn1c(C)cc(-c2csc(NC(=O)CCc3c(C)[nH]c(=S)[nH]c3=O)n2)c1C. The number of aryl methyl sites for hydroxylation is 2. The molecule has 29 heavy (non-hydrogen) atoms. The molecule has 0 saturated heterocycles. The highest BCUT2D eigenvalue weighted by molar-refractivity contribution is 7.71. The molecule has 0 bridgehead atoms. The Morgan fingerprint density at radius 1 is 1.31 bits per heavy atom. The van der Waals surface area contributed by atoms with E-state index in [1.807, 2.05) is 5.38 Å². The molecule has 0 fully saturated rings. The molecular weight excluding hydrogens is 406 g/mol. The monoisotopic (exact) mass is 431 g/mol. The van der Waals surface area contributed by atoms with E-state index in [2.05, 4.69) is 51.7 Å². The van der Waals surface area contributed by atoms with Crippen molar-refractivity contribution in [2.45, 2.75) is 53.5 Å². The van der Waals surface area contributed by atoms with Crippen LogP contribution in [0.5, 0.6) is 0 Å². The molecule has 3 aromatic rings. The summed E-state index contributed by atoms with van der Waals surface area (Å²) in [5.41, 5.74) is 5.32. The summed E-state index contributed by atoms with van der Waals surface area (Å²) >= 11 is 6.35. The van der Waals surface area contributed by atoms with Gasteiger partial charge in [0, 0.05) is 46.6 Å². The van der Waals surface area contributed by atoms with Crippen molar-refractivity contribution >= 4 is 34.6 Å². The number of amides is 1. The lowest BCUT2D eigenvalue weighted by Gasteiger charge is -2.07. The Kier molecular flexibility index (Phi) is 6.49. The molecular formula is C20H25N5O2S2. The van der Waals surface area contributed by atoms with Gasteiger partial charge < -0.3 is 14.9 Å². The molecule has 0 aliphatic carbocycles. The maximum absolute atomic E-state index is 12.3. The van der Waals surface area contributed by atoms with E-state index in [4.69, 9.17) is 12.2 Å². The fourth-order valence-corrected chi connectivity index (χ4v) is 4.40. The van der Waals surface area contributed by atoms with Crippen molar-refractivity contribution in [1.82, 2.24) is 19.5 Å². The van der Waals surface area contributed by atoms with Gasteiger partial charge >= 0.3 is 0 Å². The van der Waals surface area contributed by atoms with Crippen LogP contribution in [0, 0.1) is 25.5 Å². The Morgan fingerprint density at radius 3 is 2.76 bits per heavy atom. The number of hydrogen-bond acceptors (Lipinski definition) is 5. The average molecular weight is 432 g/mol. The summed E-state index contributed by atoms with van der Waals surface area (Å²) < 4.78 is 2.58. The molecule has 0 aliphatic heterocycles. The number of aromatic amines is 2. The van der Waals surface area contributed by atoms with Gasteiger partial charge in [-0.1, -0.05) is 6.92 Å². The number of thiazole rings is 1. The second kappa shape index (κ2) is 8.87. The first-order chi connectivity index (χ1) is 13.8. The van der Waals surface area contributed by atoms with Crippen LogP contribution in [0.15, 0.2) is 16.2 Å². The predicted octanol–water partition coefficient (Wildman–Crippen LogP) is 4.26. The summed E-state index contributed by atoms with van der Waals surface area (Å²) in [6.07, 6.45) is 1.59. The number of aromatic nitrogens is 4. The number of anilines is 1. The van der Waals surface area contributed by atoms with E-state index in [9.17, 15) is 9.59 Å². The summed E-state index contributed by atoms with van der Waals surface area (Å²) in [7, 11) is 0. The summed E-state index contributed by atoms with van der Waals surface area (Å²) in [6.45, 7) is 9.11. The largest absolute Gasteiger partial charge is 0.348 e. The molecule has 0 saturated carbocycles. The van der Waals surface area contributed by atoms with Gasteiger partial charge in [-0.2, -0.15) is 0 Å². The molecule has 3 rings (SSSR count). The van der Waals surface area contributed by atoms with Gasteiger partial charge in [0.15, 0.2) is 9.90 Å². The Bertz CT molecular complexity index is 1150. The zero-order valence-corrected chi connectivity index (χ0v) is 18.6. The minimum absolute atomic E-state index is 0.177. The highest BCUT2D eigenvalue weighted by Crippen LogP contribution is 2.30. The zero-order chi connectivity index (χ0) is 21.1. The first-order valence-electron chi connectivity index (χ1n) is 9.54. The Morgan fingerprint density at radius 2 is 2.07 bits per heavy atom. The number of nitrogens with zero attached hydrogens (tertiary/aromatic N) is 2. The lowest BCUT2D eigenvalue weighted by atomic mass is 10.1. The summed E-state index contributed by atoms with van der Waals surface area (Å²) in [6, 6.07) is 2.14. The number of hydrogen-bond donors (Lipinski definition) is 3. The Labute approximate surface area is 178 Å². The average Bonchev–Trinajstić information content (AvgIpc) is 3.20. The molecule has 0 spiro atoms. The third-order valence-corrected chi connectivity index (χ3v) is 5.87. The van der Waals surface area contributed by atoms with E-state index in [0.717, 1.165) is 24.2 Å². The molecule has 0 aromatic carbocycles. The standard InChI is InChI=1S/C20H25N5O2S2/c1-5-8-25-11(2)9-15(13(25)4)16-10-29-20(22-16)23-17(26)7-6-14-12(3)21-19(28)24-18(14)27/h9-10H,5-8H2,1-4H3,(H,22,23,26)(H2,21,24,27,28). The van der Waals surface area contributed by atoms with Crippen molar-refractivity contribution in [2.24, 2.45) is 0 Å². The van der Waals surface area contributed by atoms with Crippen molar-refractivity contribution in [1.29, 1.82) is 0 Å². The van der Waals surface area contributed by atoms with Crippen molar-refractivity contribution < 1.29 is 4.79 Å². The molecule has 9 heteroatoms. The van der Waals surface area contributed by atoms with Gasteiger partial charge in [-0.15, -0.1) is 11.3 Å². The number of rotatable bonds is 7. The predicted molar refractivity (Wildman–Crippen MR) is 119 cm³/mol. The van der Waals surface area contributed by atoms with Gasteiger partial charge in [0.05, 0.1) is 5.69 Å². The third-order valence-electron chi connectivity index (χ3n) is 4.90. The van der Waals surface area contributed by atoms with E-state index in [1.54, 1.807) is 6.92 Å². The third kappa shape index (κ3) is 4.73. The first-order valence-corrected chi connectivity index (χ1v) is 10.8. The van der Waals surface area contributed by atoms with Crippen LogP contribution in [-0.2, 0) is 17.8 Å². The fourth-order valence-electron chi connectivity index (χ4n) is 3.43. The van der Waals surface area contributed by atoms with Crippen LogP contribution >= 0.6 is 23.6 Å². The number of carbonyl (C=O) groups is 1. The van der Waals surface area contributed by atoms with Crippen molar-refractivity contribution in [3.63, 3.8) is 0 Å². The minimum atomic E-state index is -0.252. The van der Waals surface area contributed by atoms with E-state index < -0.39 is 0 Å². The molecule has 0 unspecified atom stereocenters. The Balaban J connectivity index is 1.68. The van der Waals surface area contributed by atoms with Gasteiger partial charge in [0.1, 0.15) is 0 Å². The molecule has 3 aromatic heterocycles. The molecule has 3 heterocycles. The van der Waals surface area contributed by atoms with Crippen LogP contribution in [-0.4, -0.2) is 25.4 Å². The quantitative estimate of drug-likeness (QED) is 0.487. The van der Waals surface area contributed by atoms with E-state index in [-0.39, 0.29) is 22.7 Å². The number of carbonyl (C=O) groups excluding carboxylic acids is 1. The van der Waals surface area contributed by atoms with Gasteiger partial charge in [-0.3, -0.25) is 14.6 Å². The highest BCUT2D eigenvalue weighted by Gasteiger charge is 2.15.